The molecule has 1 saturated heterocycles. The van der Waals surface area contributed by atoms with E-state index in [4.69, 9.17) is 4.63 Å². The molecule has 7 nitrogen and oxygen atoms in total. The highest BCUT2D eigenvalue weighted by Crippen LogP contribution is 2.20. The molecule has 26 heavy (non-hydrogen) atoms. The average Bonchev–Trinajstić information content (AvgIpc) is 3.17. The molecule has 1 fully saturated rings. The van der Waals surface area contributed by atoms with Crippen LogP contribution in [0.15, 0.2) is 53.2 Å². The number of hydrogen-bond donors (Lipinski definition) is 1. The van der Waals surface area contributed by atoms with Gasteiger partial charge >= 0.3 is 0 Å². The van der Waals surface area contributed by atoms with E-state index in [9.17, 15) is 4.79 Å². The molecular formula is C19H21N5O2. The Morgan fingerprint density at radius 2 is 1.81 bits per heavy atom. The van der Waals surface area contributed by atoms with Gasteiger partial charge in [-0.25, -0.2) is 4.63 Å². The summed E-state index contributed by atoms with van der Waals surface area (Å²) in [6.07, 6.45) is 0.451. The standard InChI is InChI=1S/C19H21N5O2/c25-18(20-16-7-4-8-17-19(16)22-26-21-17)9-10-23-11-13-24(14-12-23)15-5-2-1-3-6-15/h1-8H,9-14H2,(H,20,25). The van der Waals surface area contributed by atoms with Crippen LogP contribution >= 0.6 is 0 Å². The third-order valence-electron chi connectivity index (χ3n) is 4.71. The number of nitrogens with zero attached hydrogens (tertiary/aromatic N) is 4. The van der Waals surface area contributed by atoms with Gasteiger partial charge in [-0.05, 0) is 34.6 Å². The Morgan fingerprint density at radius 1 is 1.00 bits per heavy atom. The topological polar surface area (TPSA) is 74.5 Å². The minimum atomic E-state index is -0.0222. The van der Waals surface area contributed by atoms with Gasteiger partial charge in [-0.1, -0.05) is 24.3 Å². The first-order valence-corrected chi connectivity index (χ1v) is 8.83. The van der Waals surface area contributed by atoms with E-state index in [1.807, 2.05) is 18.2 Å². The van der Waals surface area contributed by atoms with E-state index in [0.29, 0.717) is 23.1 Å². The normalized spacial score (nSPS) is 15.3. The maximum atomic E-state index is 12.3. The minimum absolute atomic E-state index is 0.0222. The van der Waals surface area contributed by atoms with Gasteiger partial charge < -0.3 is 10.2 Å². The van der Waals surface area contributed by atoms with Gasteiger partial charge in [0.25, 0.3) is 0 Å². The lowest BCUT2D eigenvalue weighted by Gasteiger charge is -2.36. The van der Waals surface area contributed by atoms with Crippen molar-refractivity contribution in [3.8, 4) is 0 Å². The van der Waals surface area contributed by atoms with Crippen LogP contribution in [0.25, 0.3) is 11.0 Å². The SMILES string of the molecule is O=C(CCN1CCN(c2ccccc2)CC1)Nc1cccc2nonc12. The number of anilines is 2. The van der Waals surface area contributed by atoms with Gasteiger partial charge in [0.2, 0.25) is 5.91 Å². The lowest BCUT2D eigenvalue weighted by molar-refractivity contribution is -0.116. The van der Waals surface area contributed by atoms with Gasteiger partial charge in [-0.2, -0.15) is 0 Å². The van der Waals surface area contributed by atoms with E-state index in [1.54, 1.807) is 6.07 Å². The van der Waals surface area contributed by atoms with Gasteiger partial charge in [-0.15, -0.1) is 0 Å². The molecule has 1 amide bonds. The molecule has 0 spiro atoms. The largest absolute Gasteiger partial charge is 0.369 e. The Hall–Kier alpha value is -2.93. The predicted molar refractivity (Wildman–Crippen MR) is 100 cm³/mol. The van der Waals surface area contributed by atoms with E-state index >= 15 is 0 Å². The fourth-order valence-electron chi connectivity index (χ4n) is 3.25. The maximum Gasteiger partial charge on any atom is 0.225 e. The van der Waals surface area contributed by atoms with Crippen molar-refractivity contribution in [2.75, 3.05) is 42.9 Å². The van der Waals surface area contributed by atoms with E-state index < -0.39 is 0 Å². The Labute approximate surface area is 151 Å². The summed E-state index contributed by atoms with van der Waals surface area (Å²) >= 11 is 0. The number of hydrogen-bond acceptors (Lipinski definition) is 6. The van der Waals surface area contributed by atoms with E-state index in [2.05, 4.69) is 49.7 Å². The zero-order valence-electron chi connectivity index (χ0n) is 14.5. The second kappa shape index (κ2) is 7.53. The number of piperazine rings is 1. The van der Waals surface area contributed by atoms with Crippen molar-refractivity contribution < 1.29 is 9.42 Å². The van der Waals surface area contributed by atoms with Crippen molar-refractivity contribution in [1.82, 2.24) is 15.2 Å². The molecule has 2 heterocycles. The molecule has 3 aromatic rings. The molecule has 0 radical (unpaired) electrons. The number of aromatic nitrogens is 2. The van der Waals surface area contributed by atoms with Gasteiger partial charge in [0.05, 0.1) is 5.69 Å². The molecule has 134 valence electrons. The number of nitrogens with one attached hydrogen (secondary N) is 1. The van der Waals surface area contributed by atoms with Crippen LogP contribution in [0.3, 0.4) is 0 Å². The third-order valence-corrected chi connectivity index (χ3v) is 4.71. The molecule has 1 aliphatic rings. The monoisotopic (exact) mass is 351 g/mol. The molecule has 2 aromatic carbocycles. The van der Waals surface area contributed by atoms with Crippen LogP contribution in [0.5, 0.6) is 0 Å². The lowest BCUT2D eigenvalue weighted by atomic mass is 10.2. The first-order chi connectivity index (χ1) is 12.8. The average molecular weight is 351 g/mol. The van der Waals surface area contributed by atoms with Crippen molar-refractivity contribution >= 4 is 28.3 Å². The van der Waals surface area contributed by atoms with E-state index in [-0.39, 0.29) is 5.91 Å². The molecule has 1 aliphatic heterocycles. The lowest BCUT2D eigenvalue weighted by Crippen LogP contribution is -2.47. The van der Waals surface area contributed by atoms with Gasteiger partial charge in [-0.3, -0.25) is 9.69 Å². The summed E-state index contributed by atoms with van der Waals surface area (Å²) < 4.78 is 4.72. The Morgan fingerprint density at radius 3 is 2.62 bits per heavy atom. The zero-order chi connectivity index (χ0) is 17.8. The summed E-state index contributed by atoms with van der Waals surface area (Å²) in [5, 5.41) is 10.5. The van der Waals surface area contributed by atoms with Crippen LogP contribution in [0.1, 0.15) is 6.42 Å². The minimum Gasteiger partial charge on any atom is -0.369 e. The second-order valence-corrected chi connectivity index (χ2v) is 6.40. The predicted octanol–water partition coefficient (Wildman–Crippen LogP) is 2.37. The summed E-state index contributed by atoms with van der Waals surface area (Å²) in [6, 6.07) is 15.9. The first-order valence-electron chi connectivity index (χ1n) is 8.83. The number of fused-ring (bicyclic) bond motifs is 1. The highest BCUT2D eigenvalue weighted by Gasteiger charge is 2.18. The summed E-state index contributed by atoms with van der Waals surface area (Å²) in [5.74, 6) is -0.0222. The van der Waals surface area contributed by atoms with Crippen LogP contribution in [0.2, 0.25) is 0 Å². The fourth-order valence-corrected chi connectivity index (χ4v) is 3.25. The Kier molecular flexibility index (Phi) is 4.79. The molecule has 0 atom stereocenters. The molecule has 1 N–H and O–H groups in total. The fraction of sp³-hybridized carbons (Fsp3) is 0.316. The van der Waals surface area contributed by atoms with E-state index in [1.165, 1.54) is 5.69 Å². The van der Waals surface area contributed by atoms with Crippen LogP contribution in [0, 0.1) is 0 Å². The molecule has 7 heteroatoms. The van der Waals surface area contributed by atoms with Gasteiger partial charge in [0, 0.05) is 44.8 Å². The quantitative estimate of drug-likeness (QED) is 0.761. The molecular weight excluding hydrogens is 330 g/mol. The van der Waals surface area contributed by atoms with Crippen LogP contribution in [-0.2, 0) is 4.79 Å². The molecule has 0 unspecified atom stereocenters. The van der Waals surface area contributed by atoms with Gasteiger partial charge in [0.15, 0.2) is 5.52 Å². The summed E-state index contributed by atoms with van der Waals surface area (Å²) in [4.78, 5) is 17.0. The second-order valence-electron chi connectivity index (χ2n) is 6.40. The van der Waals surface area contributed by atoms with Crippen LogP contribution < -0.4 is 10.2 Å². The van der Waals surface area contributed by atoms with Gasteiger partial charge in [0.1, 0.15) is 5.52 Å². The molecule has 1 aromatic heterocycles. The number of rotatable bonds is 5. The smallest absolute Gasteiger partial charge is 0.225 e. The molecule has 0 saturated carbocycles. The van der Waals surface area contributed by atoms with Crippen LogP contribution in [0.4, 0.5) is 11.4 Å². The summed E-state index contributed by atoms with van der Waals surface area (Å²) in [7, 11) is 0. The van der Waals surface area contributed by atoms with Crippen LogP contribution in [-0.4, -0.2) is 53.8 Å². The number of benzene rings is 2. The summed E-state index contributed by atoms with van der Waals surface area (Å²) in [5.41, 5.74) is 3.12. The highest BCUT2D eigenvalue weighted by atomic mass is 16.6. The van der Waals surface area contributed by atoms with Crippen molar-refractivity contribution in [2.45, 2.75) is 6.42 Å². The van der Waals surface area contributed by atoms with Crippen molar-refractivity contribution in [3.05, 3.63) is 48.5 Å². The zero-order valence-corrected chi connectivity index (χ0v) is 14.5. The summed E-state index contributed by atoms with van der Waals surface area (Å²) in [6.45, 7) is 4.64. The number of carbonyl (C=O) groups excluding carboxylic acids is 1. The number of amides is 1. The number of carbonyl (C=O) groups is 1. The Bertz CT molecular complexity index is 872. The third kappa shape index (κ3) is 3.67. The Balaban J connectivity index is 1.26. The van der Waals surface area contributed by atoms with Crippen molar-refractivity contribution in [1.29, 1.82) is 0 Å². The molecule has 4 rings (SSSR count). The van der Waals surface area contributed by atoms with E-state index in [0.717, 1.165) is 32.7 Å². The van der Waals surface area contributed by atoms with Crippen molar-refractivity contribution in [2.24, 2.45) is 0 Å². The number of para-hydroxylation sites is 1. The molecule has 0 aliphatic carbocycles. The highest BCUT2D eigenvalue weighted by molar-refractivity contribution is 5.98. The molecule has 0 bridgehead atoms. The van der Waals surface area contributed by atoms with Crippen molar-refractivity contribution in [3.63, 3.8) is 0 Å². The maximum absolute atomic E-state index is 12.3. The first kappa shape index (κ1) is 16.5.